The van der Waals surface area contributed by atoms with Crippen molar-refractivity contribution in [2.45, 2.75) is 25.2 Å². The third-order valence-corrected chi connectivity index (χ3v) is 7.11. The quantitative estimate of drug-likeness (QED) is 0.561. The number of para-hydroxylation sites is 1. The number of carbonyl (C=O) groups is 1. The summed E-state index contributed by atoms with van der Waals surface area (Å²) in [6.07, 6.45) is 1.20. The van der Waals surface area contributed by atoms with Gasteiger partial charge >= 0.3 is 0 Å². The Kier molecular flexibility index (Phi) is 6.19. The van der Waals surface area contributed by atoms with Gasteiger partial charge in [-0.3, -0.25) is 9.52 Å². The molecule has 1 aliphatic rings. The summed E-state index contributed by atoms with van der Waals surface area (Å²) in [5.74, 6) is 0.413. The van der Waals surface area contributed by atoms with E-state index in [0.717, 1.165) is 24.3 Å². The number of carbonyl (C=O) groups excluding carboxylic acids is 1. The van der Waals surface area contributed by atoms with E-state index in [9.17, 15) is 13.2 Å². The first-order chi connectivity index (χ1) is 15.3. The molecule has 0 radical (unpaired) electrons. The monoisotopic (exact) mass is 449 g/mol. The second-order valence-corrected chi connectivity index (χ2v) is 9.97. The van der Waals surface area contributed by atoms with E-state index >= 15 is 0 Å². The maximum atomic E-state index is 12.7. The van der Waals surface area contributed by atoms with E-state index in [1.165, 1.54) is 30.7 Å². The molecule has 0 bridgehead atoms. The number of anilines is 3. The first-order valence-electron chi connectivity index (χ1n) is 10.7. The molecule has 1 saturated heterocycles. The van der Waals surface area contributed by atoms with E-state index in [2.05, 4.69) is 21.9 Å². The topological polar surface area (TPSA) is 78.5 Å². The van der Waals surface area contributed by atoms with Gasteiger partial charge in [0.1, 0.15) is 0 Å². The zero-order valence-electron chi connectivity index (χ0n) is 18.2. The number of nitrogens with one attached hydrogen (secondary N) is 2. The Morgan fingerprint density at radius 1 is 0.969 bits per heavy atom. The van der Waals surface area contributed by atoms with Crippen molar-refractivity contribution in [1.29, 1.82) is 0 Å². The van der Waals surface area contributed by atoms with Gasteiger partial charge in [-0.1, -0.05) is 25.1 Å². The summed E-state index contributed by atoms with van der Waals surface area (Å²) in [6, 6.07) is 20.9. The van der Waals surface area contributed by atoms with Crippen molar-refractivity contribution in [1.82, 2.24) is 0 Å². The summed E-state index contributed by atoms with van der Waals surface area (Å²) >= 11 is 0. The Labute approximate surface area is 189 Å². The molecule has 3 aromatic rings. The second kappa shape index (κ2) is 9.04. The number of hydrogen-bond donors (Lipinski definition) is 2. The third kappa shape index (κ3) is 4.94. The number of sulfonamides is 1. The van der Waals surface area contributed by atoms with Crippen LogP contribution in [0.1, 0.15) is 29.3 Å². The molecule has 0 aromatic heterocycles. The van der Waals surface area contributed by atoms with Gasteiger partial charge in [0.05, 0.1) is 10.6 Å². The highest BCUT2D eigenvalue weighted by Gasteiger charge is 2.19. The van der Waals surface area contributed by atoms with Crippen molar-refractivity contribution >= 4 is 33.0 Å². The molecule has 7 heteroatoms. The lowest BCUT2D eigenvalue weighted by Crippen LogP contribution is -2.19. The predicted molar refractivity (Wildman–Crippen MR) is 129 cm³/mol. The number of hydrogen-bond acceptors (Lipinski definition) is 4. The Morgan fingerprint density at radius 3 is 2.28 bits per heavy atom. The Hall–Kier alpha value is -3.32. The Bertz CT molecular complexity index is 1210. The van der Waals surface area contributed by atoms with Crippen LogP contribution in [0.15, 0.2) is 77.7 Å². The van der Waals surface area contributed by atoms with Gasteiger partial charge in [-0.05, 0) is 79.4 Å². The van der Waals surface area contributed by atoms with Crippen molar-refractivity contribution < 1.29 is 13.2 Å². The van der Waals surface area contributed by atoms with Crippen molar-refractivity contribution in [3.05, 3.63) is 83.9 Å². The highest BCUT2D eigenvalue weighted by molar-refractivity contribution is 7.92. The van der Waals surface area contributed by atoms with Crippen LogP contribution in [0.25, 0.3) is 0 Å². The Morgan fingerprint density at radius 2 is 1.66 bits per heavy atom. The van der Waals surface area contributed by atoms with Gasteiger partial charge in [0, 0.05) is 30.0 Å². The van der Waals surface area contributed by atoms with E-state index < -0.39 is 10.0 Å². The number of nitrogens with zero attached hydrogens (tertiary/aromatic N) is 1. The zero-order valence-corrected chi connectivity index (χ0v) is 19.0. The van der Waals surface area contributed by atoms with Crippen LogP contribution >= 0.6 is 0 Å². The highest BCUT2D eigenvalue weighted by atomic mass is 32.2. The summed E-state index contributed by atoms with van der Waals surface area (Å²) < 4.78 is 27.9. The lowest BCUT2D eigenvalue weighted by Gasteiger charge is -2.18. The molecular weight excluding hydrogens is 422 g/mol. The van der Waals surface area contributed by atoms with Crippen LogP contribution in [0.2, 0.25) is 0 Å². The molecular formula is C25H27N3O3S. The minimum atomic E-state index is -3.74. The molecule has 0 saturated carbocycles. The van der Waals surface area contributed by atoms with Crippen LogP contribution in [0.3, 0.4) is 0 Å². The summed E-state index contributed by atoms with van der Waals surface area (Å²) in [5, 5.41) is 2.87. The first kappa shape index (κ1) is 21.9. The van der Waals surface area contributed by atoms with E-state index in [-0.39, 0.29) is 10.8 Å². The predicted octanol–water partition coefficient (Wildman–Crippen LogP) is 4.89. The van der Waals surface area contributed by atoms with Crippen molar-refractivity contribution in [3.63, 3.8) is 0 Å². The fraction of sp³-hybridized carbons (Fsp3) is 0.240. The SMILES string of the molecule is Cc1ccccc1NS(=O)(=O)c1ccc(C(=O)Nc2ccc(N3CCC(C)C3)cc2)cc1. The standard InChI is InChI=1S/C25H27N3O3S/c1-18-15-16-28(17-18)22-11-9-21(10-12-22)26-25(29)20-7-13-23(14-8-20)32(30,31)27-24-6-4-3-5-19(24)2/h3-14,18,27H,15-17H2,1-2H3,(H,26,29). The molecule has 4 rings (SSSR count). The molecule has 3 aromatic carbocycles. The van der Waals surface area contributed by atoms with E-state index in [1.807, 2.05) is 43.3 Å². The average molecular weight is 450 g/mol. The van der Waals surface area contributed by atoms with E-state index in [4.69, 9.17) is 0 Å². The van der Waals surface area contributed by atoms with Crippen LogP contribution in [-0.2, 0) is 10.0 Å². The minimum absolute atomic E-state index is 0.0986. The van der Waals surface area contributed by atoms with Crippen LogP contribution in [-0.4, -0.2) is 27.4 Å². The molecule has 1 unspecified atom stereocenters. The molecule has 0 spiro atoms. The molecule has 0 aliphatic carbocycles. The van der Waals surface area contributed by atoms with Crippen LogP contribution in [0, 0.1) is 12.8 Å². The highest BCUT2D eigenvalue weighted by Crippen LogP contribution is 2.25. The van der Waals surface area contributed by atoms with Crippen molar-refractivity contribution in [3.8, 4) is 0 Å². The summed E-state index contributed by atoms with van der Waals surface area (Å²) in [5.41, 5.74) is 3.60. The molecule has 1 fully saturated rings. The minimum Gasteiger partial charge on any atom is -0.371 e. The summed E-state index contributed by atoms with van der Waals surface area (Å²) in [7, 11) is -3.74. The third-order valence-electron chi connectivity index (χ3n) is 5.73. The molecule has 2 N–H and O–H groups in total. The van der Waals surface area contributed by atoms with Crippen molar-refractivity contribution in [2.75, 3.05) is 28.0 Å². The maximum Gasteiger partial charge on any atom is 0.261 e. The smallest absolute Gasteiger partial charge is 0.261 e. The van der Waals surface area contributed by atoms with Crippen LogP contribution in [0.5, 0.6) is 0 Å². The normalized spacial score (nSPS) is 16.1. The van der Waals surface area contributed by atoms with E-state index in [0.29, 0.717) is 22.9 Å². The average Bonchev–Trinajstić information content (AvgIpc) is 3.22. The van der Waals surface area contributed by atoms with Crippen LogP contribution in [0.4, 0.5) is 17.1 Å². The van der Waals surface area contributed by atoms with E-state index in [1.54, 1.807) is 12.1 Å². The van der Waals surface area contributed by atoms with Crippen molar-refractivity contribution in [2.24, 2.45) is 5.92 Å². The number of benzene rings is 3. The van der Waals surface area contributed by atoms with Gasteiger partial charge in [-0.25, -0.2) is 8.42 Å². The second-order valence-electron chi connectivity index (χ2n) is 8.29. The van der Waals surface area contributed by atoms with Gasteiger partial charge in [0.25, 0.3) is 15.9 Å². The number of rotatable bonds is 6. The molecule has 32 heavy (non-hydrogen) atoms. The van der Waals surface area contributed by atoms with Gasteiger partial charge < -0.3 is 10.2 Å². The summed E-state index contributed by atoms with van der Waals surface area (Å²) in [6.45, 7) is 6.20. The fourth-order valence-electron chi connectivity index (χ4n) is 3.80. The number of aryl methyl sites for hydroxylation is 1. The number of amides is 1. The van der Waals surface area contributed by atoms with Crippen LogP contribution < -0.4 is 14.9 Å². The molecule has 166 valence electrons. The van der Waals surface area contributed by atoms with Gasteiger partial charge in [0.15, 0.2) is 0 Å². The van der Waals surface area contributed by atoms with Gasteiger partial charge in [-0.2, -0.15) is 0 Å². The Balaban J connectivity index is 1.41. The molecule has 1 amide bonds. The van der Waals surface area contributed by atoms with Gasteiger partial charge in [-0.15, -0.1) is 0 Å². The lowest BCUT2D eigenvalue weighted by atomic mass is 10.2. The molecule has 1 aliphatic heterocycles. The fourth-order valence-corrected chi connectivity index (χ4v) is 4.94. The zero-order chi connectivity index (χ0) is 22.7. The lowest BCUT2D eigenvalue weighted by molar-refractivity contribution is 0.102. The maximum absolute atomic E-state index is 12.7. The molecule has 1 heterocycles. The largest absolute Gasteiger partial charge is 0.371 e. The molecule has 6 nitrogen and oxygen atoms in total. The molecule has 1 atom stereocenters. The first-order valence-corrected chi connectivity index (χ1v) is 12.1. The van der Waals surface area contributed by atoms with Gasteiger partial charge in [0.2, 0.25) is 0 Å². The summed E-state index contributed by atoms with van der Waals surface area (Å²) in [4.78, 5) is 15.1.